The Labute approximate surface area is 140 Å². The minimum Gasteiger partial charge on any atom is -0.494 e. The van der Waals surface area contributed by atoms with E-state index in [1.54, 1.807) is 18.2 Å². The number of carboxylic acids is 1. The summed E-state index contributed by atoms with van der Waals surface area (Å²) in [6.45, 7) is 2.40. The van der Waals surface area contributed by atoms with Gasteiger partial charge >= 0.3 is 12.0 Å². The zero-order chi connectivity index (χ0) is 16.8. The summed E-state index contributed by atoms with van der Waals surface area (Å²) in [5, 5.41) is 15.0. The van der Waals surface area contributed by atoms with E-state index in [0.29, 0.717) is 48.7 Å². The van der Waals surface area contributed by atoms with Crippen LogP contribution in [0.3, 0.4) is 0 Å². The Bertz CT molecular complexity index is 571. The molecule has 1 aliphatic rings. The van der Waals surface area contributed by atoms with Gasteiger partial charge in [0.1, 0.15) is 5.75 Å². The van der Waals surface area contributed by atoms with E-state index in [1.165, 1.54) is 0 Å². The van der Waals surface area contributed by atoms with Crippen LogP contribution < -0.4 is 15.4 Å². The van der Waals surface area contributed by atoms with Gasteiger partial charge < -0.3 is 20.5 Å². The van der Waals surface area contributed by atoms with Gasteiger partial charge in [-0.2, -0.15) is 0 Å². The molecule has 0 unspecified atom stereocenters. The first kappa shape index (κ1) is 17.4. The first-order valence-electron chi connectivity index (χ1n) is 7.72. The van der Waals surface area contributed by atoms with Gasteiger partial charge in [0.25, 0.3) is 0 Å². The molecule has 0 aromatic heterocycles. The predicted molar refractivity (Wildman–Crippen MR) is 88.2 cm³/mol. The van der Waals surface area contributed by atoms with E-state index in [1.807, 2.05) is 6.92 Å². The minimum absolute atomic E-state index is 0.0144. The molecule has 1 saturated carbocycles. The smallest absolute Gasteiger partial charge is 0.319 e. The fourth-order valence-corrected chi connectivity index (χ4v) is 2.85. The molecule has 1 aromatic carbocycles. The van der Waals surface area contributed by atoms with Crippen molar-refractivity contribution in [1.29, 1.82) is 0 Å². The van der Waals surface area contributed by atoms with Crippen LogP contribution >= 0.6 is 11.6 Å². The highest BCUT2D eigenvalue weighted by molar-refractivity contribution is 6.33. The van der Waals surface area contributed by atoms with Gasteiger partial charge in [0, 0.05) is 12.1 Å². The number of carbonyl (C=O) groups is 2. The largest absolute Gasteiger partial charge is 0.494 e. The molecule has 0 aliphatic heterocycles. The highest BCUT2D eigenvalue weighted by Gasteiger charge is 2.26. The van der Waals surface area contributed by atoms with Gasteiger partial charge in [-0.25, -0.2) is 4.79 Å². The summed E-state index contributed by atoms with van der Waals surface area (Å²) in [5.74, 6) is -0.421. The van der Waals surface area contributed by atoms with Gasteiger partial charge in [0.15, 0.2) is 0 Å². The molecule has 0 radical (unpaired) electrons. The Hall–Kier alpha value is -1.95. The monoisotopic (exact) mass is 340 g/mol. The molecule has 0 heterocycles. The lowest BCUT2D eigenvalue weighted by atomic mass is 9.86. The van der Waals surface area contributed by atoms with Crippen LogP contribution in [0.2, 0.25) is 5.02 Å². The van der Waals surface area contributed by atoms with Crippen molar-refractivity contribution in [3.63, 3.8) is 0 Å². The number of hydrogen-bond donors (Lipinski definition) is 3. The maximum absolute atomic E-state index is 12.1. The molecule has 0 saturated heterocycles. The van der Waals surface area contributed by atoms with Crippen molar-refractivity contribution in [3.8, 4) is 5.75 Å². The normalized spacial score (nSPS) is 20.6. The quantitative estimate of drug-likeness (QED) is 0.765. The minimum atomic E-state index is -0.757. The molecule has 7 heteroatoms. The van der Waals surface area contributed by atoms with Crippen LogP contribution in [0.15, 0.2) is 18.2 Å². The van der Waals surface area contributed by atoms with Crippen molar-refractivity contribution >= 4 is 29.3 Å². The van der Waals surface area contributed by atoms with Gasteiger partial charge in [-0.05, 0) is 44.7 Å². The summed E-state index contributed by atoms with van der Waals surface area (Å²) in [6.07, 6.45) is 2.50. The third-order valence-electron chi connectivity index (χ3n) is 3.91. The lowest BCUT2D eigenvalue weighted by Crippen LogP contribution is -2.41. The summed E-state index contributed by atoms with van der Waals surface area (Å²) < 4.78 is 5.38. The number of ether oxygens (including phenoxy) is 1. The van der Waals surface area contributed by atoms with E-state index in [9.17, 15) is 9.59 Å². The van der Waals surface area contributed by atoms with Crippen LogP contribution in [0.1, 0.15) is 32.6 Å². The van der Waals surface area contributed by atoms with E-state index < -0.39 is 5.97 Å². The number of anilines is 1. The van der Waals surface area contributed by atoms with Crippen LogP contribution in [-0.4, -0.2) is 29.8 Å². The van der Waals surface area contributed by atoms with Gasteiger partial charge in [-0.1, -0.05) is 11.6 Å². The second-order valence-electron chi connectivity index (χ2n) is 5.56. The summed E-state index contributed by atoms with van der Waals surface area (Å²) in [6, 6.07) is 4.72. The Kier molecular flexibility index (Phi) is 6.10. The molecule has 1 fully saturated rings. The van der Waals surface area contributed by atoms with Crippen molar-refractivity contribution in [2.24, 2.45) is 5.92 Å². The zero-order valence-corrected chi connectivity index (χ0v) is 13.7. The van der Waals surface area contributed by atoms with Crippen molar-refractivity contribution in [1.82, 2.24) is 5.32 Å². The maximum Gasteiger partial charge on any atom is 0.319 e. The van der Waals surface area contributed by atoms with Crippen molar-refractivity contribution in [2.45, 2.75) is 38.6 Å². The van der Waals surface area contributed by atoms with Crippen LogP contribution in [0, 0.1) is 5.92 Å². The summed E-state index contributed by atoms with van der Waals surface area (Å²) in [7, 11) is 0. The highest BCUT2D eigenvalue weighted by atomic mass is 35.5. The SMILES string of the molecule is CCOc1ccc(Cl)c(NC(=O)NC2CCC(C(=O)O)CC2)c1. The third kappa shape index (κ3) is 5.03. The number of halogens is 1. The number of rotatable bonds is 5. The number of nitrogens with one attached hydrogen (secondary N) is 2. The molecule has 2 amide bonds. The fraction of sp³-hybridized carbons (Fsp3) is 0.500. The Balaban J connectivity index is 1.88. The molecule has 3 N–H and O–H groups in total. The van der Waals surface area contributed by atoms with Gasteiger partial charge in [-0.15, -0.1) is 0 Å². The molecule has 0 bridgehead atoms. The molecule has 23 heavy (non-hydrogen) atoms. The second kappa shape index (κ2) is 8.06. The molecular weight excluding hydrogens is 320 g/mol. The van der Waals surface area contributed by atoms with Crippen molar-refractivity contribution < 1.29 is 19.4 Å². The lowest BCUT2D eigenvalue weighted by molar-refractivity contribution is -0.142. The average molecular weight is 341 g/mol. The van der Waals surface area contributed by atoms with Gasteiger partial charge in [0.2, 0.25) is 0 Å². The highest BCUT2D eigenvalue weighted by Crippen LogP contribution is 2.27. The van der Waals surface area contributed by atoms with E-state index in [0.717, 1.165) is 0 Å². The molecule has 1 aromatic rings. The second-order valence-corrected chi connectivity index (χ2v) is 5.97. The third-order valence-corrected chi connectivity index (χ3v) is 4.24. The van der Waals surface area contributed by atoms with Crippen molar-refractivity contribution in [3.05, 3.63) is 23.2 Å². The van der Waals surface area contributed by atoms with E-state index in [4.69, 9.17) is 21.4 Å². The summed E-state index contributed by atoms with van der Waals surface area (Å²) in [5.41, 5.74) is 0.481. The number of amides is 2. The Morgan fingerprint density at radius 2 is 2.00 bits per heavy atom. The zero-order valence-electron chi connectivity index (χ0n) is 13.0. The fourth-order valence-electron chi connectivity index (χ4n) is 2.69. The number of urea groups is 1. The molecular formula is C16H21ClN2O4. The van der Waals surface area contributed by atoms with Crippen LogP contribution in [0.5, 0.6) is 5.75 Å². The Morgan fingerprint density at radius 3 is 2.61 bits per heavy atom. The summed E-state index contributed by atoms with van der Waals surface area (Å²) >= 11 is 6.07. The van der Waals surface area contributed by atoms with E-state index in [2.05, 4.69) is 10.6 Å². The number of hydrogen-bond acceptors (Lipinski definition) is 3. The van der Waals surface area contributed by atoms with Crippen LogP contribution in [0.25, 0.3) is 0 Å². The number of carbonyl (C=O) groups excluding carboxylic acids is 1. The van der Waals surface area contributed by atoms with Crippen molar-refractivity contribution in [2.75, 3.05) is 11.9 Å². The van der Waals surface area contributed by atoms with E-state index in [-0.39, 0.29) is 18.0 Å². The van der Waals surface area contributed by atoms with Gasteiger partial charge in [0.05, 0.1) is 23.2 Å². The van der Waals surface area contributed by atoms with E-state index >= 15 is 0 Å². The molecule has 1 aliphatic carbocycles. The lowest BCUT2D eigenvalue weighted by Gasteiger charge is -2.26. The molecule has 0 spiro atoms. The topological polar surface area (TPSA) is 87.7 Å². The van der Waals surface area contributed by atoms with Crippen LogP contribution in [0.4, 0.5) is 10.5 Å². The number of benzene rings is 1. The first-order valence-corrected chi connectivity index (χ1v) is 8.10. The molecule has 6 nitrogen and oxygen atoms in total. The molecule has 2 rings (SSSR count). The predicted octanol–water partition coefficient (Wildman–Crippen LogP) is 3.50. The first-order chi connectivity index (χ1) is 11.0. The average Bonchev–Trinajstić information content (AvgIpc) is 2.51. The number of carboxylic acid groups (broad SMARTS) is 1. The molecule has 126 valence electrons. The summed E-state index contributed by atoms with van der Waals surface area (Å²) in [4.78, 5) is 23.0. The standard InChI is InChI=1S/C16H21ClN2O4/c1-2-23-12-7-8-13(17)14(9-12)19-16(22)18-11-5-3-10(4-6-11)15(20)21/h7-11H,2-6H2,1H3,(H,20,21)(H2,18,19,22). The van der Waals surface area contributed by atoms with Gasteiger partial charge in [-0.3, -0.25) is 4.79 Å². The number of aliphatic carboxylic acids is 1. The van der Waals surface area contributed by atoms with Crippen LogP contribution in [-0.2, 0) is 4.79 Å². The molecule has 0 atom stereocenters. The maximum atomic E-state index is 12.1. The Morgan fingerprint density at radius 1 is 1.30 bits per heavy atom.